The van der Waals surface area contributed by atoms with Gasteiger partial charge >= 0.3 is 0 Å². The lowest BCUT2D eigenvalue weighted by atomic mass is 10.1. The summed E-state index contributed by atoms with van der Waals surface area (Å²) in [5.74, 6) is -0.198. The molecule has 2 N–H and O–H groups in total. The fraction of sp³-hybridized carbons (Fsp3) is 0.444. The van der Waals surface area contributed by atoms with Crippen molar-refractivity contribution in [1.29, 1.82) is 0 Å². The number of benzene rings is 1. The first-order valence-electron chi connectivity index (χ1n) is 8.38. The summed E-state index contributed by atoms with van der Waals surface area (Å²) in [6.45, 7) is 2.35. The topological polar surface area (TPSA) is 78.6 Å². The lowest BCUT2D eigenvalue weighted by Crippen LogP contribution is -2.31. The van der Waals surface area contributed by atoms with Gasteiger partial charge < -0.3 is 15.1 Å². The summed E-state index contributed by atoms with van der Waals surface area (Å²) in [6.07, 6.45) is 1.03. The van der Waals surface area contributed by atoms with E-state index in [0.29, 0.717) is 5.69 Å². The maximum atomic E-state index is 12.9. The smallest absolute Gasteiger partial charge is 0.274 e. The average Bonchev–Trinajstić information content (AvgIpc) is 3.24. The number of aryl methyl sites for hydroxylation is 1. The molecule has 0 saturated carbocycles. The zero-order chi connectivity index (χ0) is 16.8. The zero-order valence-corrected chi connectivity index (χ0v) is 13.6. The van der Waals surface area contributed by atoms with E-state index in [-0.39, 0.29) is 19.0 Å². The molecular formula is C18H21N3O3. The Morgan fingerprint density at radius 1 is 1.17 bits per heavy atom. The molecule has 0 unspecified atom stereocenters. The Bertz CT molecular complexity index is 789. The van der Waals surface area contributed by atoms with Crippen molar-refractivity contribution in [2.45, 2.75) is 38.4 Å². The number of β-amino-alcohol motifs (C(OH)–C–C–N with tert-alkyl or cyclic N) is 2. The molecule has 6 nitrogen and oxygen atoms in total. The first-order valence-corrected chi connectivity index (χ1v) is 8.38. The maximum Gasteiger partial charge on any atom is 0.274 e. The molecule has 0 radical (unpaired) electrons. The van der Waals surface area contributed by atoms with E-state index in [4.69, 9.17) is 0 Å². The molecule has 1 saturated heterocycles. The Morgan fingerprint density at radius 3 is 2.58 bits per heavy atom. The Labute approximate surface area is 140 Å². The monoisotopic (exact) mass is 327 g/mol. The second-order valence-electron chi connectivity index (χ2n) is 6.67. The number of carbonyl (C=O) groups excluding carboxylic acids is 1. The van der Waals surface area contributed by atoms with Crippen LogP contribution in [0.25, 0.3) is 5.69 Å². The number of fused-ring (bicyclic) bond motifs is 1. The number of hydrogen-bond donors (Lipinski definition) is 2. The molecule has 4 rings (SSSR count). The highest BCUT2D eigenvalue weighted by Crippen LogP contribution is 2.30. The van der Waals surface area contributed by atoms with Crippen molar-refractivity contribution in [3.63, 3.8) is 0 Å². The summed E-state index contributed by atoms with van der Waals surface area (Å²) < 4.78 is 1.90. The number of aromatic nitrogens is 2. The van der Waals surface area contributed by atoms with E-state index in [0.717, 1.165) is 41.8 Å². The van der Waals surface area contributed by atoms with Crippen molar-refractivity contribution in [3.8, 4) is 5.69 Å². The third kappa shape index (κ3) is 2.34. The lowest BCUT2D eigenvalue weighted by molar-refractivity contribution is 0.0572. The highest BCUT2D eigenvalue weighted by Gasteiger charge is 2.36. The summed E-state index contributed by atoms with van der Waals surface area (Å²) in [5.41, 5.74) is 4.69. The molecule has 1 aliphatic heterocycles. The zero-order valence-electron chi connectivity index (χ0n) is 13.6. The summed E-state index contributed by atoms with van der Waals surface area (Å²) in [4.78, 5) is 14.4. The molecule has 0 bridgehead atoms. The van der Waals surface area contributed by atoms with Crippen LogP contribution in [0.2, 0.25) is 0 Å². The van der Waals surface area contributed by atoms with Gasteiger partial charge in [0.15, 0.2) is 5.69 Å². The van der Waals surface area contributed by atoms with Gasteiger partial charge in [-0.25, -0.2) is 4.68 Å². The largest absolute Gasteiger partial charge is 0.388 e. The van der Waals surface area contributed by atoms with Gasteiger partial charge in [-0.15, -0.1) is 0 Å². The Kier molecular flexibility index (Phi) is 3.66. The van der Waals surface area contributed by atoms with E-state index < -0.39 is 12.2 Å². The van der Waals surface area contributed by atoms with Gasteiger partial charge in [-0.3, -0.25) is 4.79 Å². The summed E-state index contributed by atoms with van der Waals surface area (Å²) >= 11 is 0. The minimum atomic E-state index is -0.875. The fourth-order valence-electron chi connectivity index (χ4n) is 3.69. The number of carbonyl (C=O) groups is 1. The average molecular weight is 327 g/mol. The number of aliphatic hydroxyl groups is 2. The Hall–Kier alpha value is -2.18. The van der Waals surface area contributed by atoms with Crippen molar-refractivity contribution in [3.05, 3.63) is 46.8 Å². The van der Waals surface area contributed by atoms with Gasteiger partial charge in [0, 0.05) is 24.3 Å². The van der Waals surface area contributed by atoms with Gasteiger partial charge in [0.25, 0.3) is 5.91 Å². The number of para-hydroxylation sites is 1. The molecule has 2 aromatic rings. The molecule has 2 heterocycles. The molecule has 1 amide bonds. The van der Waals surface area contributed by atoms with E-state index in [2.05, 4.69) is 5.10 Å². The van der Waals surface area contributed by atoms with Crippen molar-refractivity contribution < 1.29 is 15.0 Å². The van der Waals surface area contributed by atoms with E-state index in [1.54, 1.807) is 0 Å². The van der Waals surface area contributed by atoms with E-state index >= 15 is 0 Å². The first kappa shape index (κ1) is 15.4. The standard InChI is InChI=1S/C18H21N3O3/c1-11-5-2-3-7-13(11)21-14-8-4-6-12(14)17(19-21)18(24)20-9-15(22)16(23)10-20/h2-3,5,7,15-16,22-23H,4,6,8-10H2,1H3/t15-,16-/m1/s1. The highest BCUT2D eigenvalue weighted by atomic mass is 16.3. The maximum absolute atomic E-state index is 12.9. The number of likely N-dealkylation sites (tertiary alicyclic amines) is 1. The second-order valence-corrected chi connectivity index (χ2v) is 6.67. The molecule has 0 spiro atoms. The predicted molar refractivity (Wildman–Crippen MR) is 88.2 cm³/mol. The summed E-state index contributed by atoms with van der Waals surface area (Å²) in [6, 6.07) is 8.01. The molecule has 6 heteroatoms. The van der Waals surface area contributed by atoms with Crippen LogP contribution in [0.15, 0.2) is 24.3 Å². The van der Waals surface area contributed by atoms with Crippen LogP contribution in [0.5, 0.6) is 0 Å². The van der Waals surface area contributed by atoms with Gasteiger partial charge in [-0.05, 0) is 37.8 Å². The number of aliphatic hydroxyl groups excluding tert-OH is 2. The van der Waals surface area contributed by atoms with Crippen molar-refractivity contribution in [1.82, 2.24) is 14.7 Å². The quantitative estimate of drug-likeness (QED) is 0.857. The van der Waals surface area contributed by atoms with Crippen molar-refractivity contribution in [2.75, 3.05) is 13.1 Å². The van der Waals surface area contributed by atoms with E-state index in [9.17, 15) is 15.0 Å². The van der Waals surface area contributed by atoms with E-state index in [1.807, 2.05) is 35.9 Å². The molecule has 2 atom stereocenters. The number of amides is 1. The fourth-order valence-corrected chi connectivity index (χ4v) is 3.69. The van der Waals surface area contributed by atoms with Gasteiger partial charge in [0.1, 0.15) is 0 Å². The molecule has 1 fully saturated rings. The van der Waals surface area contributed by atoms with Gasteiger partial charge in [-0.2, -0.15) is 5.10 Å². The molecule has 1 aromatic carbocycles. The van der Waals surface area contributed by atoms with Crippen LogP contribution in [0, 0.1) is 6.92 Å². The number of nitrogens with zero attached hydrogens (tertiary/aromatic N) is 3. The van der Waals surface area contributed by atoms with Crippen LogP contribution in [-0.2, 0) is 12.8 Å². The highest BCUT2D eigenvalue weighted by molar-refractivity contribution is 5.94. The van der Waals surface area contributed by atoms with E-state index in [1.165, 1.54) is 4.90 Å². The Morgan fingerprint density at radius 2 is 1.88 bits per heavy atom. The number of hydrogen-bond acceptors (Lipinski definition) is 4. The molecular weight excluding hydrogens is 306 g/mol. The number of rotatable bonds is 2. The molecule has 126 valence electrons. The second kappa shape index (κ2) is 5.72. The van der Waals surface area contributed by atoms with Crippen LogP contribution in [-0.4, -0.2) is 56.1 Å². The normalized spacial score (nSPS) is 22.9. The third-order valence-corrected chi connectivity index (χ3v) is 5.02. The minimum absolute atomic E-state index is 0.159. The third-order valence-electron chi connectivity index (χ3n) is 5.02. The summed E-state index contributed by atoms with van der Waals surface area (Å²) in [7, 11) is 0. The molecule has 2 aliphatic rings. The Balaban J connectivity index is 1.74. The van der Waals surface area contributed by atoms with Crippen LogP contribution in [0.4, 0.5) is 0 Å². The molecule has 1 aromatic heterocycles. The van der Waals surface area contributed by atoms with Crippen molar-refractivity contribution >= 4 is 5.91 Å². The SMILES string of the molecule is Cc1ccccc1-n1nc(C(=O)N2C[C@@H](O)[C@H](O)C2)c2c1CCC2. The van der Waals surface area contributed by atoms with Crippen molar-refractivity contribution in [2.24, 2.45) is 0 Å². The minimum Gasteiger partial charge on any atom is -0.388 e. The van der Waals surface area contributed by atoms with Gasteiger partial charge in [0.05, 0.1) is 17.9 Å². The van der Waals surface area contributed by atoms with Gasteiger partial charge in [0.2, 0.25) is 0 Å². The van der Waals surface area contributed by atoms with Crippen LogP contribution in [0.1, 0.15) is 33.7 Å². The van der Waals surface area contributed by atoms with Gasteiger partial charge in [-0.1, -0.05) is 18.2 Å². The van der Waals surface area contributed by atoms with Crippen LogP contribution in [0.3, 0.4) is 0 Å². The first-order chi connectivity index (χ1) is 11.6. The predicted octanol–water partition coefficient (Wildman–Crippen LogP) is 0.847. The molecule has 24 heavy (non-hydrogen) atoms. The van der Waals surface area contributed by atoms with Crippen LogP contribution < -0.4 is 0 Å². The summed E-state index contributed by atoms with van der Waals surface area (Å²) in [5, 5.41) is 24.0. The molecule has 1 aliphatic carbocycles. The lowest BCUT2D eigenvalue weighted by Gasteiger charge is -2.14. The van der Waals surface area contributed by atoms with Crippen LogP contribution >= 0.6 is 0 Å².